The summed E-state index contributed by atoms with van der Waals surface area (Å²) in [6.07, 6.45) is -0.831. The van der Waals surface area contributed by atoms with Crippen LogP contribution >= 0.6 is 0 Å². The highest BCUT2D eigenvalue weighted by molar-refractivity contribution is 6.06. The van der Waals surface area contributed by atoms with Gasteiger partial charge in [-0.3, -0.25) is 4.79 Å². The van der Waals surface area contributed by atoms with Gasteiger partial charge in [-0.25, -0.2) is 4.79 Å². The van der Waals surface area contributed by atoms with Crippen LogP contribution in [0.25, 0.3) is 0 Å². The van der Waals surface area contributed by atoms with Crippen molar-refractivity contribution < 1.29 is 19.1 Å². The predicted octanol–water partition coefficient (Wildman–Crippen LogP) is 4.41. The Balaban J connectivity index is 2.27. The largest absolute Gasteiger partial charge is 0.513 e. The Morgan fingerprint density at radius 1 is 0.960 bits per heavy atom. The molecule has 0 saturated carbocycles. The summed E-state index contributed by atoms with van der Waals surface area (Å²) in [5.41, 5.74) is 2.22. The number of hydrogen-bond donors (Lipinski definition) is 0. The van der Waals surface area contributed by atoms with Crippen LogP contribution in [0, 0.1) is 0 Å². The number of benzene rings is 2. The summed E-state index contributed by atoms with van der Waals surface area (Å²) >= 11 is 0. The topological polar surface area (TPSA) is 55.8 Å². The Hall–Kier alpha value is -2.82. The van der Waals surface area contributed by atoms with Crippen molar-refractivity contribution in [3.63, 3.8) is 0 Å². The van der Waals surface area contributed by atoms with E-state index in [0.717, 1.165) is 5.56 Å². The molecule has 2 aromatic rings. The second kappa shape index (κ2) is 7.38. The smallest absolute Gasteiger partial charge is 0.437 e. The van der Waals surface area contributed by atoms with E-state index in [2.05, 4.69) is 25.5 Å². The van der Waals surface area contributed by atoms with Crippen molar-refractivity contribution in [2.45, 2.75) is 26.2 Å². The van der Waals surface area contributed by atoms with Crippen LogP contribution in [-0.4, -0.2) is 26.2 Å². The third-order valence-electron chi connectivity index (χ3n) is 3.89. The van der Waals surface area contributed by atoms with Crippen LogP contribution in [0.3, 0.4) is 0 Å². The van der Waals surface area contributed by atoms with E-state index < -0.39 is 6.16 Å². The van der Waals surface area contributed by atoms with Gasteiger partial charge in [0, 0.05) is 12.6 Å². The number of amides is 1. The molecule has 0 aliphatic heterocycles. The molecule has 0 N–H and O–H groups in total. The number of nitrogens with zero attached hydrogens (tertiary/aromatic N) is 1. The van der Waals surface area contributed by atoms with Crippen LogP contribution in [0.15, 0.2) is 48.5 Å². The number of carbonyl (C=O) groups is 2. The van der Waals surface area contributed by atoms with Crippen molar-refractivity contribution in [2.75, 3.05) is 19.1 Å². The first-order valence-electron chi connectivity index (χ1n) is 7.97. The van der Waals surface area contributed by atoms with Gasteiger partial charge in [-0.15, -0.1) is 0 Å². The summed E-state index contributed by atoms with van der Waals surface area (Å²) in [4.78, 5) is 25.6. The second-order valence-corrected chi connectivity index (χ2v) is 6.72. The number of carbonyl (C=O) groups excluding carboxylic acids is 2. The zero-order valence-electron chi connectivity index (χ0n) is 15.2. The Labute approximate surface area is 148 Å². The quantitative estimate of drug-likeness (QED) is 0.613. The van der Waals surface area contributed by atoms with Gasteiger partial charge >= 0.3 is 6.16 Å². The average Bonchev–Trinajstić information content (AvgIpc) is 2.60. The molecule has 0 spiro atoms. The molecule has 0 aliphatic rings. The van der Waals surface area contributed by atoms with E-state index in [9.17, 15) is 9.59 Å². The molecule has 0 heterocycles. The fraction of sp³-hybridized carbons (Fsp3) is 0.300. The molecule has 0 atom stereocenters. The van der Waals surface area contributed by atoms with Gasteiger partial charge in [0.15, 0.2) is 5.75 Å². The van der Waals surface area contributed by atoms with Crippen LogP contribution in [0.5, 0.6) is 5.75 Å². The SMILES string of the molecule is COC(=O)Oc1ccccc1N(C)C(=O)c1ccc(C(C)(C)C)cc1. The number of methoxy groups -OCH3 is 1. The van der Waals surface area contributed by atoms with Crippen molar-refractivity contribution in [3.05, 3.63) is 59.7 Å². The highest BCUT2D eigenvalue weighted by Gasteiger charge is 2.20. The highest BCUT2D eigenvalue weighted by Crippen LogP contribution is 2.29. The number of anilines is 1. The van der Waals surface area contributed by atoms with Crippen molar-refractivity contribution in [1.29, 1.82) is 0 Å². The maximum Gasteiger partial charge on any atom is 0.513 e. The molecule has 0 fully saturated rings. The summed E-state index contributed by atoms with van der Waals surface area (Å²) < 4.78 is 9.63. The summed E-state index contributed by atoms with van der Waals surface area (Å²) in [6, 6.07) is 14.3. The number of hydrogen-bond acceptors (Lipinski definition) is 4. The van der Waals surface area contributed by atoms with Crippen LogP contribution in [0.4, 0.5) is 10.5 Å². The molecule has 0 bridgehead atoms. The van der Waals surface area contributed by atoms with Crippen molar-refractivity contribution in [3.8, 4) is 5.75 Å². The first-order valence-corrected chi connectivity index (χ1v) is 7.97. The van der Waals surface area contributed by atoms with E-state index in [1.54, 1.807) is 31.3 Å². The number of ether oxygens (including phenoxy) is 2. The standard InChI is InChI=1S/C20H23NO4/c1-20(2,3)15-12-10-14(11-13-15)18(22)21(4)16-8-6-7-9-17(16)25-19(23)24-5/h6-13H,1-5H3. The highest BCUT2D eigenvalue weighted by atomic mass is 16.7. The zero-order valence-corrected chi connectivity index (χ0v) is 15.2. The van der Waals surface area contributed by atoms with E-state index in [-0.39, 0.29) is 17.1 Å². The second-order valence-electron chi connectivity index (χ2n) is 6.72. The fourth-order valence-electron chi connectivity index (χ4n) is 2.37. The third kappa shape index (κ3) is 4.38. The number of rotatable bonds is 3. The van der Waals surface area contributed by atoms with E-state index in [0.29, 0.717) is 11.3 Å². The zero-order chi connectivity index (χ0) is 18.6. The molecule has 25 heavy (non-hydrogen) atoms. The van der Waals surface area contributed by atoms with Crippen LogP contribution in [0.2, 0.25) is 0 Å². The Bertz CT molecular complexity index is 760. The predicted molar refractivity (Wildman–Crippen MR) is 97.4 cm³/mol. The monoisotopic (exact) mass is 341 g/mol. The lowest BCUT2D eigenvalue weighted by molar-refractivity contribution is 0.0989. The molecule has 2 aromatic carbocycles. The Kier molecular flexibility index (Phi) is 5.47. The molecule has 0 aliphatic carbocycles. The molecule has 5 nitrogen and oxygen atoms in total. The molecule has 2 rings (SSSR count). The van der Waals surface area contributed by atoms with Crippen molar-refractivity contribution in [1.82, 2.24) is 0 Å². The molecular formula is C20H23NO4. The molecule has 5 heteroatoms. The molecule has 132 valence electrons. The molecule has 0 radical (unpaired) electrons. The van der Waals surface area contributed by atoms with Crippen LogP contribution in [-0.2, 0) is 10.2 Å². The first-order chi connectivity index (χ1) is 11.7. The van der Waals surface area contributed by atoms with Gasteiger partial charge in [-0.05, 0) is 35.2 Å². The molecule has 0 aromatic heterocycles. The van der Waals surface area contributed by atoms with Crippen molar-refractivity contribution >= 4 is 17.7 Å². The van der Waals surface area contributed by atoms with E-state index in [4.69, 9.17) is 4.74 Å². The fourth-order valence-corrected chi connectivity index (χ4v) is 2.37. The Morgan fingerprint density at radius 2 is 1.56 bits per heavy atom. The minimum Gasteiger partial charge on any atom is -0.437 e. The molecular weight excluding hydrogens is 318 g/mol. The minimum absolute atomic E-state index is 0.0223. The van der Waals surface area contributed by atoms with Gasteiger partial charge < -0.3 is 14.4 Å². The maximum atomic E-state index is 12.8. The Morgan fingerprint density at radius 3 is 2.12 bits per heavy atom. The van der Waals surface area contributed by atoms with E-state index >= 15 is 0 Å². The average molecular weight is 341 g/mol. The lowest BCUT2D eigenvalue weighted by Crippen LogP contribution is -2.27. The molecule has 0 saturated heterocycles. The molecule has 0 unspecified atom stereocenters. The maximum absolute atomic E-state index is 12.8. The van der Waals surface area contributed by atoms with Gasteiger partial charge in [0.05, 0.1) is 12.8 Å². The first kappa shape index (κ1) is 18.5. The minimum atomic E-state index is -0.831. The molecule has 1 amide bonds. The van der Waals surface area contributed by atoms with Gasteiger partial charge in [-0.2, -0.15) is 0 Å². The summed E-state index contributed by atoms with van der Waals surface area (Å²) in [5, 5.41) is 0. The van der Waals surface area contributed by atoms with Gasteiger partial charge in [-0.1, -0.05) is 45.0 Å². The van der Waals surface area contributed by atoms with Gasteiger partial charge in [0.1, 0.15) is 0 Å². The number of para-hydroxylation sites is 2. The summed E-state index contributed by atoms with van der Waals surface area (Å²) in [7, 11) is 2.87. The third-order valence-corrected chi connectivity index (χ3v) is 3.89. The van der Waals surface area contributed by atoms with Crippen molar-refractivity contribution in [2.24, 2.45) is 0 Å². The van der Waals surface area contributed by atoms with E-state index in [1.807, 2.05) is 24.3 Å². The summed E-state index contributed by atoms with van der Waals surface area (Å²) in [6.45, 7) is 6.36. The summed E-state index contributed by atoms with van der Waals surface area (Å²) in [5.74, 6) is 0.0675. The van der Waals surface area contributed by atoms with Gasteiger partial charge in [0.2, 0.25) is 0 Å². The van der Waals surface area contributed by atoms with Crippen LogP contribution in [0.1, 0.15) is 36.7 Å². The normalized spacial score (nSPS) is 10.9. The lowest BCUT2D eigenvalue weighted by Gasteiger charge is -2.22. The van der Waals surface area contributed by atoms with E-state index in [1.165, 1.54) is 12.0 Å². The van der Waals surface area contributed by atoms with Crippen LogP contribution < -0.4 is 9.64 Å². The lowest BCUT2D eigenvalue weighted by atomic mass is 9.86. The van der Waals surface area contributed by atoms with Gasteiger partial charge in [0.25, 0.3) is 5.91 Å².